The highest BCUT2D eigenvalue weighted by molar-refractivity contribution is 7.99. The molecule has 1 amide bonds. The van der Waals surface area contributed by atoms with Gasteiger partial charge in [0.05, 0.1) is 22.3 Å². The second-order valence-electron chi connectivity index (χ2n) is 8.44. The number of thioether (sulfide) groups is 1. The van der Waals surface area contributed by atoms with Gasteiger partial charge < -0.3 is 5.32 Å². The summed E-state index contributed by atoms with van der Waals surface area (Å²) in [5.74, 6) is 0.552. The molecule has 0 aliphatic carbocycles. The average Bonchev–Trinajstić information content (AvgIpc) is 3.29. The third-order valence-corrected chi connectivity index (χ3v) is 6.84. The maximum atomic E-state index is 13.5. The van der Waals surface area contributed by atoms with E-state index in [1.165, 1.54) is 17.3 Å². The van der Waals surface area contributed by atoms with E-state index in [0.29, 0.717) is 28.4 Å². The predicted molar refractivity (Wildman–Crippen MR) is 139 cm³/mol. The molecule has 2 heterocycles. The molecule has 8 heteroatoms. The lowest BCUT2D eigenvalue weighted by Crippen LogP contribution is -2.27. The van der Waals surface area contributed by atoms with Gasteiger partial charge in [0.2, 0.25) is 11.7 Å². The van der Waals surface area contributed by atoms with E-state index in [0.717, 1.165) is 23.2 Å². The number of hydrogen-bond donors (Lipinski definition) is 1. The Hall–Kier alpha value is -3.91. The van der Waals surface area contributed by atoms with E-state index in [-0.39, 0.29) is 17.2 Å². The van der Waals surface area contributed by atoms with E-state index in [4.69, 9.17) is 0 Å². The van der Waals surface area contributed by atoms with Crippen LogP contribution in [-0.2, 0) is 11.2 Å². The van der Waals surface area contributed by atoms with Gasteiger partial charge in [0.15, 0.2) is 5.16 Å². The smallest absolute Gasteiger partial charge is 0.267 e. The minimum absolute atomic E-state index is 0.0742. The number of benzene rings is 3. The van der Waals surface area contributed by atoms with Crippen LogP contribution in [0.3, 0.4) is 0 Å². The van der Waals surface area contributed by atoms with Crippen molar-refractivity contribution < 1.29 is 4.79 Å². The van der Waals surface area contributed by atoms with Gasteiger partial charge in [-0.15, -0.1) is 10.2 Å². The zero-order valence-corrected chi connectivity index (χ0v) is 20.4. The van der Waals surface area contributed by atoms with Crippen molar-refractivity contribution in [2.75, 3.05) is 12.3 Å². The van der Waals surface area contributed by atoms with Gasteiger partial charge in [-0.25, -0.2) is 4.57 Å². The van der Waals surface area contributed by atoms with Crippen molar-refractivity contribution in [3.05, 3.63) is 99.8 Å². The van der Waals surface area contributed by atoms with E-state index in [1.54, 1.807) is 4.57 Å². The van der Waals surface area contributed by atoms with Crippen LogP contribution in [0.1, 0.15) is 16.7 Å². The molecule has 7 nitrogen and oxygen atoms in total. The molecular formula is C27H25N5O2S. The number of carbonyl (C=O) groups excluding carboxylic acids is 1. The van der Waals surface area contributed by atoms with E-state index in [1.807, 2.05) is 91.0 Å². The number of rotatable bonds is 7. The summed E-state index contributed by atoms with van der Waals surface area (Å²) in [6.45, 7) is 4.53. The van der Waals surface area contributed by atoms with Crippen LogP contribution in [0.4, 0.5) is 0 Å². The van der Waals surface area contributed by atoms with Gasteiger partial charge >= 0.3 is 0 Å². The second kappa shape index (κ2) is 9.76. The Balaban J connectivity index is 1.46. The molecule has 35 heavy (non-hydrogen) atoms. The molecule has 1 N–H and O–H groups in total. The fourth-order valence-corrected chi connectivity index (χ4v) is 4.89. The van der Waals surface area contributed by atoms with E-state index in [9.17, 15) is 9.59 Å². The number of aryl methyl sites for hydroxylation is 2. The van der Waals surface area contributed by atoms with Crippen LogP contribution in [0.5, 0.6) is 0 Å². The third kappa shape index (κ3) is 4.57. The number of carbonyl (C=O) groups is 1. The Bertz CT molecular complexity index is 1590. The summed E-state index contributed by atoms with van der Waals surface area (Å²) in [7, 11) is 0. The molecule has 176 valence electrons. The summed E-state index contributed by atoms with van der Waals surface area (Å²) in [6, 6.07) is 23.5. The molecule has 5 aromatic rings. The van der Waals surface area contributed by atoms with Crippen molar-refractivity contribution in [2.45, 2.75) is 25.4 Å². The lowest BCUT2D eigenvalue weighted by Gasteiger charge is -2.14. The molecule has 2 aromatic heterocycles. The summed E-state index contributed by atoms with van der Waals surface area (Å²) < 4.78 is 3.47. The zero-order chi connectivity index (χ0) is 24.4. The molecule has 0 aliphatic heterocycles. The molecule has 0 radical (unpaired) electrons. The Morgan fingerprint density at radius 3 is 2.57 bits per heavy atom. The second-order valence-corrected chi connectivity index (χ2v) is 9.38. The minimum Gasteiger partial charge on any atom is -0.355 e. The molecule has 0 saturated carbocycles. The van der Waals surface area contributed by atoms with Crippen LogP contribution in [0.25, 0.3) is 22.4 Å². The molecule has 0 bridgehead atoms. The summed E-state index contributed by atoms with van der Waals surface area (Å²) in [6.07, 6.45) is 0.776. The number of nitrogens with one attached hydrogen (secondary N) is 1. The highest BCUT2D eigenvalue weighted by Gasteiger charge is 2.19. The number of amides is 1. The quantitative estimate of drug-likeness (QED) is 0.353. The third-order valence-electron chi connectivity index (χ3n) is 5.91. The maximum Gasteiger partial charge on any atom is 0.267 e. The summed E-state index contributed by atoms with van der Waals surface area (Å²) in [5.41, 5.74) is 4.53. The molecule has 3 aromatic carbocycles. The first-order valence-corrected chi connectivity index (χ1v) is 12.4. The van der Waals surface area contributed by atoms with Gasteiger partial charge in [-0.3, -0.25) is 14.0 Å². The molecule has 0 atom stereocenters. The van der Waals surface area contributed by atoms with Gasteiger partial charge in [0, 0.05) is 6.54 Å². The van der Waals surface area contributed by atoms with Crippen molar-refractivity contribution in [1.29, 1.82) is 0 Å². The van der Waals surface area contributed by atoms with Crippen molar-refractivity contribution in [3.8, 4) is 5.69 Å². The maximum absolute atomic E-state index is 13.5. The van der Waals surface area contributed by atoms with Crippen LogP contribution in [-0.4, -0.2) is 37.4 Å². The number of hydrogen-bond acceptors (Lipinski definition) is 5. The average molecular weight is 484 g/mol. The molecular weight excluding hydrogens is 458 g/mol. The predicted octanol–water partition coefficient (Wildman–Crippen LogP) is 4.10. The molecule has 0 spiro atoms. The Morgan fingerprint density at radius 2 is 1.74 bits per heavy atom. The van der Waals surface area contributed by atoms with Crippen molar-refractivity contribution in [2.24, 2.45) is 0 Å². The number of fused-ring (bicyclic) bond motifs is 3. The van der Waals surface area contributed by atoms with E-state index in [2.05, 4.69) is 15.5 Å². The summed E-state index contributed by atoms with van der Waals surface area (Å²) in [5, 5.41) is 12.8. The minimum atomic E-state index is -0.149. The Kier molecular flexibility index (Phi) is 6.37. The largest absolute Gasteiger partial charge is 0.355 e. The van der Waals surface area contributed by atoms with Gasteiger partial charge in [0.1, 0.15) is 0 Å². The first-order chi connectivity index (χ1) is 17.0. The molecule has 0 fully saturated rings. The number of para-hydroxylation sites is 1. The topological polar surface area (TPSA) is 81.3 Å². The lowest BCUT2D eigenvalue weighted by atomic mass is 10.1. The van der Waals surface area contributed by atoms with Gasteiger partial charge in [0.25, 0.3) is 5.56 Å². The lowest BCUT2D eigenvalue weighted by molar-refractivity contribution is -0.118. The van der Waals surface area contributed by atoms with Gasteiger partial charge in [-0.2, -0.15) is 0 Å². The first-order valence-electron chi connectivity index (χ1n) is 11.4. The molecule has 0 aliphatic rings. The molecule has 5 rings (SSSR count). The van der Waals surface area contributed by atoms with Crippen molar-refractivity contribution >= 4 is 34.3 Å². The normalized spacial score (nSPS) is 11.3. The Morgan fingerprint density at radius 1 is 0.971 bits per heavy atom. The standard InChI is InChI=1S/C27H25N5O2S/c1-18-12-13-19(2)23(16-18)31-25(34)21-10-6-7-11-22(21)32-26(31)29-30-27(32)35-17-24(33)28-15-14-20-8-4-3-5-9-20/h3-13,16H,14-15,17H2,1-2H3,(H,28,33). The Labute approximate surface area is 206 Å². The van der Waals surface area contributed by atoms with Crippen molar-refractivity contribution in [1.82, 2.24) is 24.5 Å². The number of nitrogens with zero attached hydrogens (tertiary/aromatic N) is 4. The fraction of sp³-hybridized carbons (Fsp3) is 0.185. The van der Waals surface area contributed by atoms with Crippen LogP contribution in [0.15, 0.2) is 82.7 Å². The van der Waals surface area contributed by atoms with Crippen LogP contribution >= 0.6 is 11.8 Å². The first kappa shape index (κ1) is 22.9. The van der Waals surface area contributed by atoms with Gasteiger partial charge in [-0.05, 0) is 55.2 Å². The summed E-state index contributed by atoms with van der Waals surface area (Å²) in [4.78, 5) is 26.0. The van der Waals surface area contributed by atoms with Crippen LogP contribution < -0.4 is 10.9 Å². The van der Waals surface area contributed by atoms with Crippen molar-refractivity contribution in [3.63, 3.8) is 0 Å². The van der Waals surface area contributed by atoms with E-state index < -0.39 is 0 Å². The van der Waals surface area contributed by atoms with Crippen LogP contribution in [0.2, 0.25) is 0 Å². The highest BCUT2D eigenvalue weighted by atomic mass is 32.2. The summed E-state index contributed by atoms with van der Waals surface area (Å²) >= 11 is 1.30. The number of aromatic nitrogens is 4. The van der Waals surface area contributed by atoms with Gasteiger partial charge in [-0.1, -0.05) is 66.4 Å². The monoisotopic (exact) mass is 483 g/mol. The molecule has 0 saturated heterocycles. The van der Waals surface area contributed by atoms with Crippen LogP contribution in [0, 0.1) is 13.8 Å². The fourth-order valence-electron chi connectivity index (χ4n) is 4.12. The zero-order valence-electron chi connectivity index (χ0n) is 19.6. The van der Waals surface area contributed by atoms with E-state index >= 15 is 0 Å². The SMILES string of the molecule is Cc1ccc(C)c(-n2c(=O)c3ccccc3n3c(SCC(=O)NCCc4ccccc4)nnc23)c1. The molecule has 0 unspecified atom stereocenters. The highest BCUT2D eigenvalue weighted by Crippen LogP contribution is 2.24.